The van der Waals surface area contributed by atoms with Crippen molar-refractivity contribution in [1.82, 2.24) is 9.78 Å². The molecule has 0 aliphatic rings. The number of nitrogens with zero attached hydrogens (tertiary/aromatic N) is 2. The van der Waals surface area contributed by atoms with Crippen LogP contribution in [0.3, 0.4) is 0 Å². The number of carbonyl (C=O) groups is 1. The number of primary amides is 1. The van der Waals surface area contributed by atoms with E-state index in [0.717, 1.165) is 6.26 Å². The van der Waals surface area contributed by atoms with Gasteiger partial charge in [-0.3, -0.25) is 4.79 Å². The zero-order valence-corrected chi connectivity index (χ0v) is 14.0. The number of hydrogen-bond acceptors (Lipinski definition) is 4. The molecule has 0 radical (unpaired) electrons. The van der Waals surface area contributed by atoms with Crippen molar-refractivity contribution in [3.8, 4) is 16.9 Å². The molecule has 3 rings (SSSR count). The second-order valence-corrected chi connectivity index (χ2v) is 7.46. The lowest BCUT2D eigenvalue weighted by atomic mass is 10.1. The lowest BCUT2D eigenvalue weighted by Gasteiger charge is -2.03. The Morgan fingerprint density at radius 1 is 1.12 bits per heavy atom. The first-order valence-corrected chi connectivity index (χ1v) is 9.11. The van der Waals surface area contributed by atoms with E-state index in [4.69, 9.17) is 5.73 Å². The Kier molecular flexibility index (Phi) is 4.13. The average molecular weight is 359 g/mol. The summed E-state index contributed by atoms with van der Waals surface area (Å²) in [5.74, 6) is -1.22. The van der Waals surface area contributed by atoms with Crippen LogP contribution in [0.2, 0.25) is 0 Å². The van der Waals surface area contributed by atoms with Crippen molar-refractivity contribution in [2.75, 3.05) is 6.26 Å². The maximum Gasteiger partial charge on any atom is 0.252 e. The third kappa shape index (κ3) is 3.29. The van der Waals surface area contributed by atoms with Crippen LogP contribution in [0.1, 0.15) is 10.4 Å². The molecule has 0 aliphatic heterocycles. The van der Waals surface area contributed by atoms with Crippen molar-refractivity contribution >= 4 is 15.7 Å². The SMILES string of the molecule is CS(=O)(=O)c1ccc(-c2nn(-c3ccccc3F)cc2C(N)=O)cc1. The van der Waals surface area contributed by atoms with E-state index >= 15 is 0 Å². The number of aromatic nitrogens is 2. The van der Waals surface area contributed by atoms with Crippen molar-refractivity contribution < 1.29 is 17.6 Å². The average Bonchev–Trinajstić information content (AvgIpc) is 3.00. The number of halogens is 1. The van der Waals surface area contributed by atoms with Crippen molar-refractivity contribution in [3.05, 3.63) is 66.1 Å². The minimum absolute atomic E-state index is 0.107. The molecule has 0 fully saturated rings. The summed E-state index contributed by atoms with van der Waals surface area (Å²) < 4.78 is 38.3. The largest absolute Gasteiger partial charge is 0.365 e. The minimum atomic E-state index is -3.34. The van der Waals surface area contributed by atoms with Crippen LogP contribution in [0.4, 0.5) is 4.39 Å². The Hall–Kier alpha value is -3.00. The fourth-order valence-corrected chi connectivity index (χ4v) is 3.02. The third-order valence-electron chi connectivity index (χ3n) is 3.63. The van der Waals surface area contributed by atoms with Gasteiger partial charge < -0.3 is 5.73 Å². The van der Waals surface area contributed by atoms with E-state index < -0.39 is 21.6 Å². The summed E-state index contributed by atoms with van der Waals surface area (Å²) in [5.41, 5.74) is 6.42. The Labute approximate surface area is 143 Å². The second-order valence-electron chi connectivity index (χ2n) is 5.45. The number of para-hydroxylation sites is 1. The number of sulfone groups is 1. The van der Waals surface area contributed by atoms with Crippen LogP contribution in [-0.4, -0.2) is 30.4 Å². The molecule has 0 unspecified atom stereocenters. The van der Waals surface area contributed by atoms with E-state index in [9.17, 15) is 17.6 Å². The van der Waals surface area contributed by atoms with E-state index in [1.54, 1.807) is 12.1 Å². The smallest absolute Gasteiger partial charge is 0.252 e. The molecular weight excluding hydrogens is 345 g/mol. The number of amides is 1. The van der Waals surface area contributed by atoms with Gasteiger partial charge in [0.2, 0.25) is 0 Å². The van der Waals surface area contributed by atoms with Gasteiger partial charge >= 0.3 is 0 Å². The lowest BCUT2D eigenvalue weighted by molar-refractivity contribution is 0.100. The first-order chi connectivity index (χ1) is 11.8. The highest BCUT2D eigenvalue weighted by atomic mass is 32.2. The summed E-state index contributed by atoms with van der Waals surface area (Å²) in [7, 11) is -3.34. The third-order valence-corrected chi connectivity index (χ3v) is 4.76. The van der Waals surface area contributed by atoms with Gasteiger partial charge in [0.15, 0.2) is 9.84 Å². The standard InChI is InChI=1S/C17H14FN3O3S/c1-25(23,24)12-8-6-11(7-9-12)16-13(17(19)22)10-21(20-16)15-5-3-2-4-14(15)18/h2-10H,1H3,(H2,19,22). The molecule has 1 aromatic heterocycles. The van der Waals surface area contributed by atoms with Gasteiger partial charge in [-0.1, -0.05) is 24.3 Å². The molecule has 8 heteroatoms. The molecule has 25 heavy (non-hydrogen) atoms. The predicted molar refractivity (Wildman–Crippen MR) is 90.6 cm³/mol. The molecule has 1 heterocycles. The Balaban J connectivity index is 2.13. The molecule has 0 spiro atoms. The number of rotatable bonds is 4. The van der Waals surface area contributed by atoms with E-state index in [-0.39, 0.29) is 21.8 Å². The minimum Gasteiger partial charge on any atom is -0.365 e. The molecule has 3 aromatic rings. The highest BCUT2D eigenvalue weighted by Gasteiger charge is 2.18. The van der Waals surface area contributed by atoms with Gasteiger partial charge in [-0.15, -0.1) is 0 Å². The molecule has 2 aromatic carbocycles. The number of hydrogen-bond donors (Lipinski definition) is 1. The number of carbonyl (C=O) groups excluding carboxylic acids is 1. The quantitative estimate of drug-likeness (QED) is 0.772. The van der Waals surface area contributed by atoms with Crippen LogP contribution < -0.4 is 5.73 Å². The van der Waals surface area contributed by atoms with Gasteiger partial charge in [0.1, 0.15) is 17.2 Å². The van der Waals surface area contributed by atoms with Gasteiger partial charge in [0, 0.05) is 18.0 Å². The van der Waals surface area contributed by atoms with E-state index in [0.29, 0.717) is 5.56 Å². The maximum atomic E-state index is 14.0. The Morgan fingerprint density at radius 3 is 2.32 bits per heavy atom. The molecule has 6 nitrogen and oxygen atoms in total. The normalized spacial score (nSPS) is 11.4. The van der Waals surface area contributed by atoms with Crippen molar-refractivity contribution in [2.24, 2.45) is 5.73 Å². The van der Waals surface area contributed by atoms with Crippen LogP contribution in [-0.2, 0) is 9.84 Å². The van der Waals surface area contributed by atoms with Crippen molar-refractivity contribution in [2.45, 2.75) is 4.90 Å². The first kappa shape index (κ1) is 16.8. The van der Waals surface area contributed by atoms with Crippen LogP contribution >= 0.6 is 0 Å². The lowest BCUT2D eigenvalue weighted by Crippen LogP contribution is -2.11. The maximum absolute atomic E-state index is 14.0. The molecule has 1 amide bonds. The zero-order valence-electron chi connectivity index (χ0n) is 13.2. The Morgan fingerprint density at radius 2 is 1.76 bits per heavy atom. The summed E-state index contributed by atoms with van der Waals surface area (Å²) >= 11 is 0. The first-order valence-electron chi connectivity index (χ1n) is 7.22. The van der Waals surface area contributed by atoms with Gasteiger partial charge in [-0.05, 0) is 24.3 Å². The van der Waals surface area contributed by atoms with Crippen LogP contribution in [0.25, 0.3) is 16.9 Å². The van der Waals surface area contributed by atoms with Gasteiger partial charge in [-0.25, -0.2) is 17.5 Å². The second kappa shape index (κ2) is 6.14. The Bertz CT molecular complexity index is 1060. The summed E-state index contributed by atoms with van der Waals surface area (Å²) in [6.45, 7) is 0. The highest BCUT2D eigenvalue weighted by molar-refractivity contribution is 7.90. The molecule has 128 valence electrons. The van der Waals surface area contributed by atoms with Gasteiger partial charge in [-0.2, -0.15) is 5.10 Å². The van der Waals surface area contributed by atoms with E-state index in [2.05, 4.69) is 5.10 Å². The fraction of sp³-hybridized carbons (Fsp3) is 0.0588. The molecular formula is C17H14FN3O3S. The molecule has 2 N–H and O–H groups in total. The van der Waals surface area contributed by atoms with E-state index in [1.807, 2.05) is 0 Å². The number of nitrogens with two attached hydrogens (primary N) is 1. The van der Waals surface area contributed by atoms with Crippen LogP contribution in [0.5, 0.6) is 0 Å². The summed E-state index contributed by atoms with van der Waals surface area (Å²) in [6, 6.07) is 11.9. The zero-order chi connectivity index (χ0) is 18.2. The monoisotopic (exact) mass is 359 g/mol. The predicted octanol–water partition coefficient (Wildman–Crippen LogP) is 2.18. The van der Waals surface area contributed by atoms with Crippen LogP contribution in [0.15, 0.2) is 59.6 Å². The van der Waals surface area contributed by atoms with Crippen molar-refractivity contribution in [1.29, 1.82) is 0 Å². The van der Waals surface area contributed by atoms with Crippen molar-refractivity contribution in [3.63, 3.8) is 0 Å². The highest BCUT2D eigenvalue weighted by Crippen LogP contribution is 2.25. The fourth-order valence-electron chi connectivity index (χ4n) is 2.39. The number of benzene rings is 2. The molecule has 0 atom stereocenters. The molecule has 0 saturated carbocycles. The molecule has 0 bridgehead atoms. The molecule has 0 aliphatic carbocycles. The summed E-state index contributed by atoms with van der Waals surface area (Å²) in [6.07, 6.45) is 2.45. The van der Waals surface area contributed by atoms with Gasteiger partial charge in [0.25, 0.3) is 5.91 Å². The summed E-state index contributed by atoms with van der Waals surface area (Å²) in [4.78, 5) is 11.9. The summed E-state index contributed by atoms with van der Waals surface area (Å²) in [5, 5.41) is 4.25. The topological polar surface area (TPSA) is 95.1 Å². The van der Waals surface area contributed by atoms with Gasteiger partial charge in [0.05, 0.1) is 10.5 Å². The van der Waals surface area contributed by atoms with E-state index in [1.165, 1.54) is 47.3 Å². The van der Waals surface area contributed by atoms with Crippen LogP contribution in [0, 0.1) is 5.82 Å². The molecule has 0 saturated heterocycles.